The Kier molecular flexibility index (Phi) is 4.23. The summed E-state index contributed by atoms with van der Waals surface area (Å²) in [5, 5.41) is 3.45. The molecule has 1 aromatic rings. The van der Waals surface area contributed by atoms with Gasteiger partial charge in [0.2, 0.25) is 0 Å². The Morgan fingerprint density at radius 3 is 2.83 bits per heavy atom. The SMILES string of the molecule is CC(CNC(C)C)CN1CCc2ccc(F)cc21. The van der Waals surface area contributed by atoms with Crippen molar-refractivity contribution in [2.24, 2.45) is 5.92 Å². The van der Waals surface area contributed by atoms with Crippen LogP contribution >= 0.6 is 0 Å². The number of rotatable bonds is 5. The van der Waals surface area contributed by atoms with Gasteiger partial charge in [0.15, 0.2) is 0 Å². The van der Waals surface area contributed by atoms with Crippen molar-refractivity contribution in [1.29, 1.82) is 0 Å². The molecule has 1 atom stereocenters. The third-order valence-electron chi connectivity index (χ3n) is 3.45. The fourth-order valence-electron chi connectivity index (χ4n) is 2.49. The fraction of sp³-hybridized carbons (Fsp3) is 0.600. The van der Waals surface area contributed by atoms with Crippen LogP contribution in [-0.4, -0.2) is 25.7 Å². The number of nitrogens with one attached hydrogen (secondary N) is 1. The molecule has 1 aliphatic rings. The molecule has 1 heterocycles. The standard InChI is InChI=1S/C15H23FN2/c1-11(2)17-9-12(3)10-18-7-6-13-4-5-14(16)8-15(13)18/h4-5,8,11-12,17H,6-7,9-10H2,1-3H3. The molecule has 0 aromatic heterocycles. The number of halogens is 1. The third kappa shape index (κ3) is 3.22. The monoisotopic (exact) mass is 250 g/mol. The molecule has 0 bridgehead atoms. The maximum Gasteiger partial charge on any atom is 0.125 e. The molecule has 18 heavy (non-hydrogen) atoms. The van der Waals surface area contributed by atoms with Crippen molar-refractivity contribution in [3.8, 4) is 0 Å². The minimum atomic E-state index is -0.131. The molecule has 100 valence electrons. The van der Waals surface area contributed by atoms with E-state index in [0.29, 0.717) is 12.0 Å². The lowest BCUT2D eigenvalue weighted by Crippen LogP contribution is -2.34. The van der Waals surface area contributed by atoms with Gasteiger partial charge in [-0.15, -0.1) is 0 Å². The van der Waals surface area contributed by atoms with E-state index in [1.165, 1.54) is 5.56 Å². The van der Waals surface area contributed by atoms with Gasteiger partial charge in [0, 0.05) is 24.8 Å². The summed E-state index contributed by atoms with van der Waals surface area (Å²) in [6, 6.07) is 5.68. The first-order valence-electron chi connectivity index (χ1n) is 6.83. The second-order valence-electron chi connectivity index (χ2n) is 5.64. The van der Waals surface area contributed by atoms with Gasteiger partial charge in [-0.25, -0.2) is 4.39 Å². The quantitative estimate of drug-likeness (QED) is 0.864. The van der Waals surface area contributed by atoms with E-state index in [4.69, 9.17) is 0 Å². The lowest BCUT2D eigenvalue weighted by atomic mass is 10.1. The molecule has 0 saturated heterocycles. The molecule has 0 fully saturated rings. The minimum Gasteiger partial charge on any atom is -0.371 e. The highest BCUT2D eigenvalue weighted by molar-refractivity contribution is 5.58. The van der Waals surface area contributed by atoms with Crippen LogP contribution in [0.4, 0.5) is 10.1 Å². The van der Waals surface area contributed by atoms with Crippen LogP contribution in [0.5, 0.6) is 0 Å². The number of hydrogen-bond donors (Lipinski definition) is 1. The van der Waals surface area contributed by atoms with Gasteiger partial charge in [-0.2, -0.15) is 0 Å². The average molecular weight is 250 g/mol. The first-order chi connectivity index (χ1) is 8.56. The molecular weight excluding hydrogens is 227 g/mol. The maximum absolute atomic E-state index is 13.3. The Morgan fingerprint density at radius 1 is 1.33 bits per heavy atom. The molecule has 2 nitrogen and oxygen atoms in total. The van der Waals surface area contributed by atoms with Crippen molar-refractivity contribution >= 4 is 5.69 Å². The molecule has 0 aliphatic carbocycles. The maximum atomic E-state index is 13.3. The van der Waals surface area contributed by atoms with Gasteiger partial charge in [-0.1, -0.05) is 26.8 Å². The Hall–Kier alpha value is -1.09. The van der Waals surface area contributed by atoms with E-state index in [0.717, 1.165) is 31.7 Å². The average Bonchev–Trinajstić information content (AvgIpc) is 2.69. The Bertz CT molecular complexity index is 403. The molecule has 1 unspecified atom stereocenters. The summed E-state index contributed by atoms with van der Waals surface area (Å²) < 4.78 is 13.3. The summed E-state index contributed by atoms with van der Waals surface area (Å²) in [5.41, 5.74) is 2.37. The van der Waals surface area contributed by atoms with Gasteiger partial charge in [0.1, 0.15) is 5.82 Å². The second kappa shape index (κ2) is 5.70. The van der Waals surface area contributed by atoms with Crippen molar-refractivity contribution in [3.05, 3.63) is 29.6 Å². The van der Waals surface area contributed by atoms with Gasteiger partial charge in [0.25, 0.3) is 0 Å². The zero-order valence-corrected chi connectivity index (χ0v) is 11.5. The van der Waals surface area contributed by atoms with E-state index in [9.17, 15) is 4.39 Å². The van der Waals surface area contributed by atoms with Crippen LogP contribution in [0, 0.1) is 11.7 Å². The van der Waals surface area contributed by atoms with Crippen molar-refractivity contribution in [3.63, 3.8) is 0 Å². The highest BCUT2D eigenvalue weighted by Gasteiger charge is 2.20. The van der Waals surface area contributed by atoms with Gasteiger partial charge in [-0.3, -0.25) is 0 Å². The minimum absolute atomic E-state index is 0.131. The van der Waals surface area contributed by atoms with E-state index in [-0.39, 0.29) is 5.82 Å². The first-order valence-corrected chi connectivity index (χ1v) is 6.83. The molecule has 1 N–H and O–H groups in total. The topological polar surface area (TPSA) is 15.3 Å². The van der Waals surface area contributed by atoms with Crippen LogP contribution in [0.2, 0.25) is 0 Å². The molecule has 3 heteroatoms. The van der Waals surface area contributed by atoms with Crippen LogP contribution in [-0.2, 0) is 6.42 Å². The lowest BCUT2D eigenvalue weighted by Gasteiger charge is -2.24. The third-order valence-corrected chi connectivity index (χ3v) is 3.45. The van der Waals surface area contributed by atoms with Crippen molar-refractivity contribution < 1.29 is 4.39 Å². The number of benzene rings is 1. The summed E-state index contributed by atoms with van der Waals surface area (Å²) in [6.07, 6.45) is 1.04. The Balaban J connectivity index is 1.94. The van der Waals surface area contributed by atoms with Crippen molar-refractivity contribution in [2.75, 3.05) is 24.5 Å². The van der Waals surface area contributed by atoms with Crippen LogP contribution in [0.1, 0.15) is 26.3 Å². The van der Waals surface area contributed by atoms with Gasteiger partial charge in [-0.05, 0) is 36.6 Å². The molecule has 0 saturated carbocycles. The molecule has 0 radical (unpaired) electrons. The second-order valence-corrected chi connectivity index (χ2v) is 5.64. The highest BCUT2D eigenvalue weighted by atomic mass is 19.1. The van der Waals surface area contributed by atoms with Crippen LogP contribution in [0.3, 0.4) is 0 Å². The molecular formula is C15H23FN2. The van der Waals surface area contributed by atoms with Gasteiger partial charge in [0.05, 0.1) is 0 Å². The van der Waals surface area contributed by atoms with E-state index in [1.54, 1.807) is 12.1 Å². The fourth-order valence-corrected chi connectivity index (χ4v) is 2.49. The number of nitrogens with zero attached hydrogens (tertiary/aromatic N) is 1. The van der Waals surface area contributed by atoms with Gasteiger partial charge < -0.3 is 10.2 Å². The summed E-state index contributed by atoms with van der Waals surface area (Å²) >= 11 is 0. The van der Waals surface area contributed by atoms with Crippen molar-refractivity contribution in [1.82, 2.24) is 5.32 Å². The number of anilines is 1. The summed E-state index contributed by atoms with van der Waals surface area (Å²) in [4.78, 5) is 2.31. The van der Waals surface area contributed by atoms with Crippen LogP contribution < -0.4 is 10.2 Å². The summed E-state index contributed by atoms with van der Waals surface area (Å²) in [7, 11) is 0. The predicted molar refractivity (Wildman–Crippen MR) is 74.6 cm³/mol. The first kappa shape index (κ1) is 13.3. The van der Waals surface area contributed by atoms with Gasteiger partial charge >= 0.3 is 0 Å². The van der Waals surface area contributed by atoms with Crippen molar-refractivity contribution in [2.45, 2.75) is 33.2 Å². The lowest BCUT2D eigenvalue weighted by molar-refractivity contribution is 0.474. The Labute approximate surface area is 109 Å². The number of hydrogen-bond acceptors (Lipinski definition) is 2. The van der Waals surface area contributed by atoms with E-state index >= 15 is 0 Å². The molecule has 0 spiro atoms. The molecule has 1 aromatic carbocycles. The van der Waals surface area contributed by atoms with E-state index in [1.807, 2.05) is 6.07 Å². The molecule has 2 rings (SSSR count). The Morgan fingerprint density at radius 2 is 2.11 bits per heavy atom. The van der Waals surface area contributed by atoms with E-state index < -0.39 is 0 Å². The molecule has 0 amide bonds. The summed E-state index contributed by atoms with van der Waals surface area (Å²) in [5.74, 6) is 0.440. The smallest absolute Gasteiger partial charge is 0.125 e. The molecule has 1 aliphatic heterocycles. The zero-order chi connectivity index (χ0) is 13.1. The number of fused-ring (bicyclic) bond motifs is 1. The van der Waals surface area contributed by atoms with E-state index in [2.05, 4.69) is 31.0 Å². The highest BCUT2D eigenvalue weighted by Crippen LogP contribution is 2.29. The largest absolute Gasteiger partial charge is 0.371 e. The zero-order valence-electron chi connectivity index (χ0n) is 11.5. The normalized spacial score (nSPS) is 16.2. The predicted octanol–water partition coefficient (Wildman–Crippen LogP) is 2.82. The van der Waals surface area contributed by atoms with Crippen LogP contribution in [0.25, 0.3) is 0 Å². The van der Waals surface area contributed by atoms with Crippen LogP contribution in [0.15, 0.2) is 18.2 Å². The summed E-state index contributed by atoms with van der Waals surface area (Å²) in [6.45, 7) is 9.59.